The van der Waals surface area contributed by atoms with Crippen LogP contribution in [0.3, 0.4) is 0 Å². The lowest BCUT2D eigenvalue weighted by Gasteiger charge is -2.14. The largest absolute Gasteiger partial charge is 0.342 e. The summed E-state index contributed by atoms with van der Waals surface area (Å²) < 4.78 is 1.80. The summed E-state index contributed by atoms with van der Waals surface area (Å²) in [7, 11) is 1.83. The Labute approximate surface area is 196 Å². The number of benzene rings is 3. The fourth-order valence-electron chi connectivity index (χ4n) is 3.65. The average Bonchev–Trinajstić information content (AvgIpc) is 3.18. The van der Waals surface area contributed by atoms with Crippen molar-refractivity contribution in [1.82, 2.24) is 20.1 Å². The van der Waals surface area contributed by atoms with Crippen LogP contribution in [0.25, 0.3) is 10.8 Å². The summed E-state index contributed by atoms with van der Waals surface area (Å²) in [5.74, 6) is 0.530. The van der Waals surface area contributed by atoms with Crippen molar-refractivity contribution >= 4 is 40.0 Å². The van der Waals surface area contributed by atoms with Gasteiger partial charge in [-0.25, -0.2) is 0 Å². The van der Waals surface area contributed by atoms with Crippen molar-refractivity contribution in [2.75, 3.05) is 11.1 Å². The van der Waals surface area contributed by atoms with E-state index < -0.39 is 0 Å². The second-order valence-electron chi connectivity index (χ2n) is 7.77. The van der Waals surface area contributed by atoms with Gasteiger partial charge in [0, 0.05) is 23.7 Å². The molecule has 0 aliphatic heterocycles. The maximum Gasteiger partial charge on any atom is 0.252 e. The highest BCUT2D eigenvalue weighted by molar-refractivity contribution is 7.99. The molecule has 2 N–H and O–H groups in total. The van der Waals surface area contributed by atoms with Crippen LogP contribution in [0, 0.1) is 6.92 Å². The summed E-state index contributed by atoms with van der Waals surface area (Å²) in [5.41, 5.74) is 2.32. The van der Waals surface area contributed by atoms with E-state index in [-0.39, 0.29) is 23.6 Å². The van der Waals surface area contributed by atoms with Gasteiger partial charge in [0.1, 0.15) is 0 Å². The summed E-state index contributed by atoms with van der Waals surface area (Å²) in [5, 5.41) is 17.1. The van der Waals surface area contributed by atoms with Crippen LogP contribution in [0.5, 0.6) is 0 Å². The van der Waals surface area contributed by atoms with E-state index in [0.29, 0.717) is 16.5 Å². The molecule has 0 fully saturated rings. The van der Waals surface area contributed by atoms with Gasteiger partial charge >= 0.3 is 0 Å². The molecule has 1 aromatic heterocycles. The van der Waals surface area contributed by atoms with Gasteiger partial charge in [0.05, 0.1) is 11.8 Å². The minimum Gasteiger partial charge on any atom is -0.342 e. The first kappa shape index (κ1) is 22.5. The standard InChI is InChI=1S/C25H25N5O2S/c1-16-9-4-6-12-19(16)24(32)26-17(2)23-28-29-25(30(23)3)33-15-22(31)27-21-14-8-11-18-10-5-7-13-20(18)21/h4-14,17H,15H2,1-3H3,(H,26,32)(H,27,31)/t17-/m1/s1. The lowest BCUT2D eigenvalue weighted by Crippen LogP contribution is -2.29. The Hall–Kier alpha value is -3.65. The minimum absolute atomic E-state index is 0.123. The van der Waals surface area contributed by atoms with Crippen molar-refractivity contribution in [2.45, 2.75) is 25.0 Å². The Morgan fingerprint density at radius 1 is 1.00 bits per heavy atom. The van der Waals surface area contributed by atoms with Gasteiger partial charge in [-0.3, -0.25) is 9.59 Å². The number of hydrogen-bond acceptors (Lipinski definition) is 5. The molecular weight excluding hydrogens is 434 g/mol. The van der Waals surface area contributed by atoms with Gasteiger partial charge in [-0.1, -0.05) is 66.4 Å². The summed E-state index contributed by atoms with van der Waals surface area (Å²) in [6, 6.07) is 20.9. The van der Waals surface area contributed by atoms with Crippen LogP contribution in [-0.4, -0.2) is 32.3 Å². The summed E-state index contributed by atoms with van der Waals surface area (Å²) in [4.78, 5) is 25.2. The average molecular weight is 460 g/mol. The molecule has 0 saturated carbocycles. The van der Waals surface area contributed by atoms with Crippen LogP contribution in [0.4, 0.5) is 5.69 Å². The molecule has 0 spiro atoms. The highest BCUT2D eigenvalue weighted by Crippen LogP contribution is 2.24. The molecule has 0 saturated heterocycles. The molecule has 0 aliphatic carbocycles. The number of amides is 2. The number of nitrogens with one attached hydrogen (secondary N) is 2. The Bertz CT molecular complexity index is 1310. The molecule has 0 aliphatic rings. The van der Waals surface area contributed by atoms with Crippen molar-refractivity contribution in [1.29, 1.82) is 0 Å². The van der Waals surface area contributed by atoms with Gasteiger partial charge in [-0.2, -0.15) is 0 Å². The topological polar surface area (TPSA) is 88.9 Å². The fourth-order valence-corrected chi connectivity index (χ4v) is 4.36. The third-order valence-electron chi connectivity index (χ3n) is 5.39. The number of hydrogen-bond donors (Lipinski definition) is 2. The van der Waals surface area contributed by atoms with Crippen molar-refractivity contribution < 1.29 is 9.59 Å². The summed E-state index contributed by atoms with van der Waals surface area (Å²) in [6.45, 7) is 3.77. The third-order valence-corrected chi connectivity index (χ3v) is 6.41. The van der Waals surface area contributed by atoms with Crippen LogP contribution >= 0.6 is 11.8 Å². The predicted octanol–water partition coefficient (Wildman–Crippen LogP) is 4.50. The van der Waals surface area contributed by atoms with Crippen molar-refractivity contribution in [3.63, 3.8) is 0 Å². The fraction of sp³-hybridized carbons (Fsp3) is 0.200. The highest BCUT2D eigenvalue weighted by atomic mass is 32.2. The van der Waals surface area contributed by atoms with Crippen LogP contribution in [0.1, 0.15) is 34.7 Å². The van der Waals surface area contributed by atoms with Crippen LogP contribution in [-0.2, 0) is 11.8 Å². The van der Waals surface area contributed by atoms with Crippen LogP contribution in [0.15, 0.2) is 71.9 Å². The quantitative estimate of drug-likeness (QED) is 0.397. The monoisotopic (exact) mass is 459 g/mol. The normalized spacial score (nSPS) is 11.8. The number of carbonyl (C=O) groups excluding carboxylic acids is 2. The number of aryl methyl sites for hydroxylation is 1. The maximum atomic E-state index is 12.6. The molecule has 33 heavy (non-hydrogen) atoms. The molecule has 0 unspecified atom stereocenters. The molecule has 8 heteroatoms. The van der Waals surface area contributed by atoms with E-state index in [1.54, 1.807) is 10.6 Å². The minimum atomic E-state index is -0.339. The second-order valence-corrected chi connectivity index (χ2v) is 8.72. The Kier molecular flexibility index (Phi) is 6.74. The molecule has 1 atom stereocenters. The number of anilines is 1. The molecule has 4 aromatic rings. The zero-order chi connectivity index (χ0) is 23.4. The third kappa shape index (κ3) is 5.06. The van der Waals surface area contributed by atoms with Gasteiger partial charge < -0.3 is 15.2 Å². The van der Waals surface area contributed by atoms with Crippen LogP contribution in [0.2, 0.25) is 0 Å². The maximum absolute atomic E-state index is 12.6. The molecule has 7 nitrogen and oxygen atoms in total. The summed E-state index contributed by atoms with van der Waals surface area (Å²) >= 11 is 1.30. The second kappa shape index (κ2) is 9.87. The molecular formula is C25H25N5O2S. The Morgan fingerprint density at radius 2 is 1.73 bits per heavy atom. The lowest BCUT2D eigenvalue weighted by atomic mass is 10.1. The molecule has 3 aromatic carbocycles. The zero-order valence-corrected chi connectivity index (χ0v) is 19.5. The predicted molar refractivity (Wildman–Crippen MR) is 131 cm³/mol. The highest BCUT2D eigenvalue weighted by Gasteiger charge is 2.19. The van der Waals surface area contributed by atoms with Crippen LogP contribution < -0.4 is 10.6 Å². The van der Waals surface area contributed by atoms with E-state index in [1.165, 1.54) is 11.8 Å². The van der Waals surface area contributed by atoms with E-state index in [0.717, 1.165) is 22.0 Å². The van der Waals surface area contributed by atoms with Gasteiger partial charge in [0.2, 0.25) is 5.91 Å². The van der Waals surface area contributed by atoms with Gasteiger partial charge in [0.15, 0.2) is 11.0 Å². The number of fused-ring (bicyclic) bond motifs is 1. The Morgan fingerprint density at radius 3 is 2.55 bits per heavy atom. The summed E-state index contributed by atoms with van der Waals surface area (Å²) in [6.07, 6.45) is 0. The SMILES string of the molecule is Cc1ccccc1C(=O)N[C@H](C)c1nnc(SCC(=O)Nc2cccc3ccccc23)n1C. The number of rotatable bonds is 7. The van der Waals surface area contributed by atoms with Crippen molar-refractivity contribution in [3.05, 3.63) is 83.7 Å². The first-order chi connectivity index (χ1) is 15.9. The molecule has 0 radical (unpaired) electrons. The van der Waals surface area contributed by atoms with Gasteiger partial charge in [-0.15, -0.1) is 10.2 Å². The molecule has 4 rings (SSSR count). The number of nitrogens with zero attached hydrogens (tertiary/aromatic N) is 3. The molecule has 1 heterocycles. The van der Waals surface area contributed by atoms with Crippen molar-refractivity contribution in [2.24, 2.45) is 7.05 Å². The number of thioether (sulfide) groups is 1. The molecule has 2 amide bonds. The van der Waals surface area contributed by atoms with E-state index >= 15 is 0 Å². The molecule has 168 valence electrons. The van der Waals surface area contributed by atoms with E-state index in [9.17, 15) is 9.59 Å². The Balaban J connectivity index is 1.38. The van der Waals surface area contributed by atoms with Crippen molar-refractivity contribution in [3.8, 4) is 0 Å². The lowest BCUT2D eigenvalue weighted by molar-refractivity contribution is -0.113. The molecule has 0 bridgehead atoms. The first-order valence-corrected chi connectivity index (χ1v) is 11.6. The van der Waals surface area contributed by atoms with E-state index in [4.69, 9.17) is 0 Å². The van der Waals surface area contributed by atoms with E-state index in [2.05, 4.69) is 20.8 Å². The smallest absolute Gasteiger partial charge is 0.252 e. The number of carbonyl (C=O) groups is 2. The first-order valence-electron chi connectivity index (χ1n) is 10.6. The van der Waals surface area contributed by atoms with Gasteiger partial charge in [-0.05, 0) is 36.9 Å². The number of aromatic nitrogens is 3. The van der Waals surface area contributed by atoms with Gasteiger partial charge in [0.25, 0.3) is 5.91 Å². The zero-order valence-electron chi connectivity index (χ0n) is 18.7. The van der Waals surface area contributed by atoms with E-state index in [1.807, 2.05) is 81.6 Å².